The zero-order valence-corrected chi connectivity index (χ0v) is 27.9. The van der Waals surface area contributed by atoms with Crippen molar-refractivity contribution in [2.45, 2.75) is 95.1 Å². The second-order valence-corrected chi connectivity index (χ2v) is 13.4. The molecule has 45 heavy (non-hydrogen) atoms. The number of rotatable bonds is 12. The fraction of sp³-hybridized carbons (Fsp3) is 0.515. The molecule has 1 aromatic carbocycles. The number of carbonyl (C=O) groups is 1. The molecule has 0 unspecified atom stereocenters. The Morgan fingerprint density at radius 2 is 1.84 bits per heavy atom. The molecule has 0 N–H and O–H groups in total. The predicted molar refractivity (Wildman–Crippen MR) is 172 cm³/mol. The SMILES string of the molecule is C=C(C)c1c(SCc2ncco2)n(C[C@H](OC2CCOCC2)c2ccccc2OC)c(=O)n(C(C)(C)C(=O)OC(C)(C)C)c1=O. The van der Waals surface area contributed by atoms with Crippen molar-refractivity contribution in [3.05, 3.63) is 81.2 Å². The van der Waals surface area contributed by atoms with Gasteiger partial charge in [0.1, 0.15) is 29.3 Å². The molecular formula is C33H43N3O8S. The lowest BCUT2D eigenvalue weighted by atomic mass is 10.0. The van der Waals surface area contributed by atoms with Crippen LogP contribution in [0.1, 0.15) is 77.5 Å². The van der Waals surface area contributed by atoms with Gasteiger partial charge in [-0.3, -0.25) is 9.36 Å². The minimum absolute atomic E-state index is 0.00936. The average Bonchev–Trinajstić information content (AvgIpc) is 3.50. The number of hydrogen-bond donors (Lipinski definition) is 0. The largest absolute Gasteiger partial charge is 0.496 e. The molecule has 2 aromatic heterocycles. The Balaban J connectivity index is 1.95. The van der Waals surface area contributed by atoms with Crippen molar-refractivity contribution in [2.75, 3.05) is 20.3 Å². The van der Waals surface area contributed by atoms with Gasteiger partial charge in [-0.05, 0) is 66.0 Å². The highest BCUT2D eigenvalue weighted by molar-refractivity contribution is 7.98. The Bertz CT molecular complexity index is 1610. The van der Waals surface area contributed by atoms with Crippen molar-refractivity contribution in [1.29, 1.82) is 0 Å². The number of esters is 1. The first-order valence-corrected chi connectivity index (χ1v) is 15.9. The summed E-state index contributed by atoms with van der Waals surface area (Å²) in [5.41, 5.74) is -2.46. The van der Waals surface area contributed by atoms with Gasteiger partial charge >= 0.3 is 11.7 Å². The van der Waals surface area contributed by atoms with Crippen LogP contribution >= 0.6 is 11.8 Å². The maximum atomic E-state index is 14.6. The smallest absolute Gasteiger partial charge is 0.333 e. The maximum absolute atomic E-state index is 14.6. The van der Waals surface area contributed by atoms with Crippen LogP contribution < -0.4 is 16.0 Å². The second kappa shape index (κ2) is 14.2. The number of carbonyl (C=O) groups excluding carboxylic acids is 1. The van der Waals surface area contributed by atoms with E-state index in [2.05, 4.69) is 11.6 Å². The molecule has 0 saturated carbocycles. The minimum Gasteiger partial charge on any atom is -0.496 e. The van der Waals surface area contributed by atoms with Gasteiger partial charge < -0.3 is 23.4 Å². The molecule has 1 saturated heterocycles. The third-order valence-corrected chi connectivity index (χ3v) is 8.45. The predicted octanol–water partition coefficient (Wildman–Crippen LogP) is 5.35. The molecule has 1 atom stereocenters. The summed E-state index contributed by atoms with van der Waals surface area (Å²) in [6.45, 7) is 15.1. The monoisotopic (exact) mass is 641 g/mol. The van der Waals surface area contributed by atoms with Gasteiger partial charge in [0.05, 0.1) is 42.3 Å². The van der Waals surface area contributed by atoms with Crippen molar-refractivity contribution in [1.82, 2.24) is 14.1 Å². The molecule has 11 nitrogen and oxygen atoms in total. The molecule has 1 aliphatic heterocycles. The number of allylic oxidation sites excluding steroid dienone is 1. The van der Waals surface area contributed by atoms with E-state index >= 15 is 0 Å². The van der Waals surface area contributed by atoms with Gasteiger partial charge in [-0.15, -0.1) is 0 Å². The Labute approximate surface area is 267 Å². The molecular weight excluding hydrogens is 598 g/mol. The van der Waals surface area contributed by atoms with Crippen molar-refractivity contribution in [2.24, 2.45) is 0 Å². The highest BCUT2D eigenvalue weighted by Gasteiger charge is 2.39. The highest BCUT2D eigenvalue weighted by Crippen LogP contribution is 2.34. The summed E-state index contributed by atoms with van der Waals surface area (Å²) in [5.74, 6) is 0.545. The number of thioether (sulfide) groups is 1. The Morgan fingerprint density at radius 3 is 2.44 bits per heavy atom. The van der Waals surface area contributed by atoms with E-state index < -0.39 is 34.5 Å². The van der Waals surface area contributed by atoms with Crippen molar-refractivity contribution in [3.63, 3.8) is 0 Å². The quantitative estimate of drug-likeness (QED) is 0.145. The number of nitrogens with zero attached hydrogens (tertiary/aromatic N) is 3. The summed E-state index contributed by atoms with van der Waals surface area (Å²) in [4.78, 5) is 46.5. The lowest BCUT2D eigenvalue weighted by molar-refractivity contribution is -0.164. The summed E-state index contributed by atoms with van der Waals surface area (Å²) in [5, 5.41) is 0.363. The van der Waals surface area contributed by atoms with E-state index in [0.717, 1.165) is 10.1 Å². The van der Waals surface area contributed by atoms with Gasteiger partial charge in [-0.2, -0.15) is 0 Å². The molecule has 0 radical (unpaired) electrons. The number of ether oxygens (including phenoxy) is 4. The summed E-state index contributed by atoms with van der Waals surface area (Å²) in [7, 11) is 1.58. The van der Waals surface area contributed by atoms with Crippen LogP contribution in [0.4, 0.5) is 0 Å². The van der Waals surface area contributed by atoms with Crippen LogP contribution in [0, 0.1) is 0 Å². The number of benzene rings is 1. The summed E-state index contributed by atoms with van der Waals surface area (Å²) in [6.07, 6.45) is 3.59. The number of hydrogen-bond acceptors (Lipinski definition) is 10. The molecule has 1 aliphatic rings. The van der Waals surface area contributed by atoms with Crippen LogP contribution in [0.5, 0.6) is 5.75 Å². The standard InChI is InChI=1S/C33H43N3O8S/c1-21(2)27-28(37)36(33(6,7)30(38)44-32(3,4)5)31(39)35(29(27)45-20-26-34-15-18-42-26)19-25(43-22-13-16-41-17-14-22)23-11-9-10-12-24(23)40-8/h9-12,15,18,22,25H,1,13-14,16-17,19-20H2,2-8H3/t25-/m0/s1. The van der Waals surface area contributed by atoms with Crippen LogP contribution in [-0.2, 0) is 36.8 Å². The number of para-hydroxylation sites is 1. The molecule has 244 valence electrons. The lowest BCUT2D eigenvalue weighted by Crippen LogP contribution is -2.55. The second-order valence-electron chi connectivity index (χ2n) is 12.4. The third-order valence-electron chi connectivity index (χ3n) is 7.36. The summed E-state index contributed by atoms with van der Waals surface area (Å²) >= 11 is 1.23. The number of methoxy groups -OCH3 is 1. The van der Waals surface area contributed by atoms with Crippen LogP contribution in [0.2, 0.25) is 0 Å². The van der Waals surface area contributed by atoms with Crippen molar-refractivity contribution < 1.29 is 28.2 Å². The molecule has 12 heteroatoms. The van der Waals surface area contributed by atoms with Crippen LogP contribution in [0.3, 0.4) is 0 Å². The lowest BCUT2D eigenvalue weighted by Gasteiger charge is -2.32. The van der Waals surface area contributed by atoms with Gasteiger partial charge in [0.15, 0.2) is 0 Å². The van der Waals surface area contributed by atoms with Gasteiger partial charge in [-0.1, -0.05) is 36.5 Å². The van der Waals surface area contributed by atoms with Crippen LogP contribution in [-0.4, -0.2) is 52.1 Å². The molecule has 0 aliphatic carbocycles. The first-order valence-electron chi connectivity index (χ1n) is 14.9. The van der Waals surface area contributed by atoms with Crippen molar-refractivity contribution >= 4 is 23.3 Å². The Morgan fingerprint density at radius 1 is 1.16 bits per heavy atom. The third kappa shape index (κ3) is 7.98. The fourth-order valence-electron chi connectivity index (χ4n) is 5.11. The zero-order valence-electron chi connectivity index (χ0n) is 27.1. The molecule has 3 heterocycles. The maximum Gasteiger partial charge on any atom is 0.333 e. The Hall–Kier alpha value is -3.61. The van der Waals surface area contributed by atoms with Crippen molar-refractivity contribution in [3.8, 4) is 5.75 Å². The van der Waals surface area contributed by atoms with E-state index in [4.69, 9.17) is 23.4 Å². The minimum atomic E-state index is -1.65. The van der Waals surface area contributed by atoms with E-state index in [9.17, 15) is 14.4 Å². The Kier molecular flexibility index (Phi) is 10.8. The molecule has 0 spiro atoms. The van der Waals surface area contributed by atoms with E-state index in [1.54, 1.807) is 34.8 Å². The fourth-order valence-corrected chi connectivity index (χ4v) is 6.22. The molecule has 0 amide bonds. The topological polar surface area (TPSA) is 124 Å². The van der Waals surface area contributed by atoms with E-state index in [1.807, 2.05) is 24.3 Å². The number of oxazole rings is 1. The zero-order chi connectivity index (χ0) is 32.9. The molecule has 4 rings (SSSR count). The highest BCUT2D eigenvalue weighted by atomic mass is 32.2. The van der Waals surface area contributed by atoms with E-state index in [1.165, 1.54) is 42.6 Å². The van der Waals surface area contributed by atoms with Gasteiger partial charge in [-0.25, -0.2) is 19.1 Å². The molecule has 3 aromatic rings. The summed E-state index contributed by atoms with van der Waals surface area (Å²) < 4.78 is 31.5. The van der Waals surface area contributed by atoms with E-state index in [-0.39, 0.29) is 24.0 Å². The molecule has 1 fully saturated rings. The van der Waals surface area contributed by atoms with Gasteiger partial charge in [0.25, 0.3) is 5.56 Å². The first-order chi connectivity index (χ1) is 21.2. The van der Waals surface area contributed by atoms with Gasteiger partial charge in [0.2, 0.25) is 5.89 Å². The van der Waals surface area contributed by atoms with Crippen LogP contribution in [0.25, 0.3) is 5.57 Å². The van der Waals surface area contributed by atoms with E-state index in [0.29, 0.717) is 48.3 Å². The van der Waals surface area contributed by atoms with Gasteiger partial charge in [0, 0.05) is 18.8 Å². The number of aromatic nitrogens is 3. The molecule has 0 bridgehead atoms. The average molecular weight is 642 g/mol. The normalized spacial score (nSPS) is 15.1. The first kappa shape index (κ1) is 34.3. The van der Waals surface area contributed by atoms with Crippen LogP contribution in [0.15, 0.2) is 62.3 Å². The summed E-state index contributed by atoms with van der Waals surface area (Å²) in [6, 6.07) is 7.47.